The lowest BCUT2D eigenvalue weighted by Crippen LogP contribution is -2.47. The van der Waals surface area contributed by atoms with Crippen LogP contribution in [0.15, 0.2) is 47.5 Å². The van der Waals surface area contributed by atoms with Crippen LogP contribution < -0.4 is 14.9 Å². The summed E-state index contributed by atoms with van der Waals surface area (Å²) in [4.78, 5) is 19.7. The highest BCUT2D eigenvalue weighted by molar-refractivity contribution is 7.89. The molecule has 0 bridgehead atoms. The van der Waals surface area contributed by atoms with Gasteiger partial charge >= 0.3 is 5.97 Å². The first-order chi connectivity index (χ1) is 11.9. The molecule has 0 atom stereocenters. The lowest BCUT2D eigenvalue weighted by Gasteiger charge is -2.37. The zero-order valence-electron chi connectivity index (χ0n) is 13.4. The van der Waals surface area contributed by atoms with Gasteiger partial charge in [0.2, 0.25) is 10.0 Å². The van der Waals surface area contributed by atoms with Crippen LogP contribution in [-0.2, 0) is 10.0 Å². The molecule has 0 aliphatic carbocycles. The fourth-order valence-corrected chi connectivity index (χ4v) is 3.35. The van der Waals surface area contributed by atoms with Crippen molar-refractivity contribution in [2.24, 2.45) is 5.14 Å². The van der Waals surface area contributed by atoms with Crippen LogP contribution in [0.3, 0.4) is 0 Å². The van der Waals surface area contributed by atoms with E-state index in [1.165, 1.54) is 12.1 Å². The monoisotopic (exact) mass is 362 g/mol. The summed E-state index contributed by atoms with van der Waals surface area (Å²) < 4.78 is 22.6. The van der Waals surface area contributed by atoms with Crippen LogP contribution >= 0.6 is 0 Å². The fraction of sp³-hybridized carbons (Fsp3) is 0.250. The summed E-state index contributed by atoms with van der Waals surface area (Å²) in [5.74, 6) is -0.525. The van der Waals surface area contributed by atoms with Crippen molar-refractivity contribution in [3.8, 4) is 0 Å². The van der Waals surface area contributed by atoms with Gasteiger partial charge in [0, 0.05) is 38.1 Å². The second-order valence-electron chi connectivity index (χ2n) is 5.69. The summed E-state index contributed by atoms with van der Waals surface area (Å²) in [5, 5.41) is 14.4. The third kappa shape index (κ3) is 3.72. The van der Waals surface area contributed by atoms with Gasteiger partial charge in [-0.2, -0.15) is 0 Å². The summed E-state index contributed by atoms with van der Waals surface area (Å²) in [6.07, 6.45) is 1.58. The average Bonchev–Trinajstić information content (AvgIpc) is 2.61. The number of nitrogens with zero attached hydrogens (tertiary/aromatic N) is 3. The Kier molecular flexibility index (Phi) is 4.60. The summed E-state index contributed by atoms with van der Waals surface area (Å²) in [5.41, 5.74) is 1.08. The van der Waals surface area contributed by atoms with E-state index in [-0.39, 0.29) is 10.5 Å². The Morgan fingerprint density at radius 3 is 2.20 bits per heavy atom. The molecule has 0 spiro atoms. The van der Waals surface area contributed by atoms with Gasteiger partial charge in [-0.15, -0.1) is 0 Å². The van der Waals surface area contributed by atoms with Crippen molar-refractivity contribution < 1.29 is 18.3 Å². The van der Waals surface area contributed by atoms with E-state index in [9.17, 15) is 18.3 Å². The van der Waals surface area contributed by atoms with E-state index >= 15 is 0 Å². The van der Waals surface area contributed by atoms with Crippen LogP contribution in [0, 0.1) is 0 Å². The van der Waals surface area contributed by atoms with Gasteiger partial charge in [-0.1, -0.05) is 0 Å². The number of benzene rings is 1. The molecule has 3 N–H and O–H groups in total. The summed E-state index contributed by atoms with van der Waals surface area (Å²) >= 11 is 0. The van der Waals surface area contributed by atoms with Crippen molar-refractivity contribution in [1.82, 2.24) is 4.98 Å². The van der Waals surface area contributed by atoms with E-state index in [0.29, 0.717) is 32.0 Å². The van der Waals surface area contributed by atoms with Gasteiger partial charge in [0.25, 0.3) is 0 Å². The number of aromatic nitrogens is 1. The molecular weight excluding hydrogens is 344 g/mol. The topological polar surface area (TPSA) is 117 Å². The maximum Gasteiger partial charge on any atom is 0.339 e. The molecule has 1 aliphatic rings. The minimum atomic E-state index is -3.70. The molecule has 2 aromatic rings. The maximum absolute atomic E-state index is 11.3. The Morgan fingerprint density at radius 2 is 1.64 bits per heavy atom. The molecule has 1 fully saturated rings. The van der Waals surface area contributed by atoms with E-state index in [1.54, 1.807) is 30.5 Å². The van der Waals surface area contributed by atoms with Crippen molar-refractivity contribution in [1.29, 1.82) is 0 Å². The Balaban J connectivity index is 1.71. The number of aromatic carboxylic acids is 1. The largest absolute Gasteiger partial charge is 0.478 e. The number of primary sulfonamides is 1. The zero-order valence-corrected chi connectivity index (χ0v) is 14.2. The number of piperazine rings is 1. The number of rotatable bonds is 4. The van der Waals surface area contributed by atoms with Gasteiger partial charge in [0.15, 0.2) is 0 Å². The predicted molar refractivity (Wildman–Crippen MR) is 93.4 cm³/mol. The Bertz CT molecular complexity index is 875. The highest BCUT2D eigenvalue weighted by Crippen LogP contribution is 2.23. The third-order valence-electron chi connectivity index (χ3n) is 4.13. The van der Waals surface area contributed by atoms with Crippen molar-refractivity contribution in [2.75, 3.05) is 36.0 Å². The minimum Gasteiger partial charge on any atom is -0.478 e. The molecule has 1 aliphatic heterocycles. The van der Waals surface area contributed by atoms with Crippen molar-refractivity contribution in [3.05, 3.63) is 48.2 Å². The highest BCUT2D eigenvalue weighted by atomic mass is 32.2. The van der Waals surface area contributed by atoms with Crippen LogP contribution in [0.2, 0.25) is 0 Å². The molecule has 25 heavy (non-hydrogen) atoms. The Morgan fingerprint density at radius 1 is 1.04 bits per heavy atom. The third-order valence-corrected chi connectivity index (χ3v) is 5.06. The number of hydrogen-bond donors (Lipinski definition) is 2. The number of sulfonamides is 1. The normalized spacial score (nSPS) is 15.2. The van der Waals surface area contributed by atoms with Gasteiger partial charge in [-0.25, -0.2) is 23.3 Å². The molecule has 132 valence electrons. The molecular formula is C16H18N4O4S. The first-order valence-electron chi connectivity index (χ1n) is 7.67. The predicted octanol–water partition coefficient (Wildman–Crippen LogP) is 0.754. The van der Waals surface area contributed by atoms with Crippen molar-refractivity contribution in [2.45, 2.75) is 4.90 Å². The maximum atomic E-state index is 11.3. The minimum absolute atomic E-state index is 0.0782. The number of carbonyl (C=O) groups is 1. The molecule has 2 heterocycles. The molecule has 1 aromatic heterocycles. The summed E-state index contributed by atoms with van der Waals surface area (Å²) in [6, 6.07) is 9.56. The van der Waals surface area contributed by atoms with Gasteiger partial charge in [0.1, 0.15) is 11.4 Å². The molecule has 9 heteroatoms. The molecule has 8 nitrogen and oxygen atoms in total. The number of hydrogen-bond acceptors (Lipinski definition) is 6. The quantitative estimate of drug-likeness (QED) is 0.824. The SMILES string of the molecule is NS(=O)(=O)c1ccc(N2CCN(c3ncccc3C(=O)O)CC2)cc1. The van der Waals surface area contributed by atoms with Crippen LogP contribution in [0.1, 0.15) is 10.4 Å². The van der Waals surface area contributed by atoms with E-state index in [2.05, 4.69) is 9.88 Å². The standard InChI is InChI=1S/C16H18N4O4S/c17-25(23,24)13-5-3-12(4-6-13)19-8-10-20(11-9-19)15-14(16(21)22)2-1-7-18-15/h1-7H,8-11H2,(H,21,22)(H2,17,23,24). The molecule has 1 aromatic carbocycles. The molecule has 0 unspecified atom stereocenters. The Hall–Kier alpha value is -2.65. The van der Waals surface area contributed by atoms with Gasteiger partial charge in [0.05, 0.1) is 4.90 Å². The molecule has 0 radical (unpaired) electrons. The Labute approximate surface area is 145 Å². The van der Waals surface area contributed by atoms with Gasteiger partial charge in [-0.05, 0) is 36.4 Å². The second-order valence-corrected chi connectivity index (χ2v) is 7.25. The summed E-state index contributed by atoms with van der Waals surface area (Å²) in [6.45, 7) is 2.58. The zero-order chi connectivity index (χ0) is 18.0. The number of nitrogens with two attached hydrogens (primary N) is 1. The first-order valence-corrected chi connectivity index (χ1v) is 9.22. The summed E-state index contributed by atoms with van der Waals surface area (Å²) in [7, 11) is -3.70. The fourth-order valence-electron chi connectivity index (χ4n) is 2.84. The van der Waals surface area contributed by atoms with E-state index in [0.717, 1.165) is 5.69 Å². The van der Waals surface area contributed by atoms with Crippen LogP contribution in [0.25, 0.3) is 0 Å². The second kappa shape index (κ2) is 6.69. The smallest absolute Gasteiger partial charge is 0.339 e. The van der Waals surface area contributed by atoms with Crippen LogP contribution in [0.5, 0.6) is 0 Å². The number of carboxylic acid groups (broad SMARTS) is 1. The number of pyridine rings is 1. The van der Waals surface area contributed by atoms with E-state index in [1.807, 2.05) is 4.90 Å². The van der Waals surface area contributed by atoms with Crippen molar-refractivity contribution >= 4 is 27.5 Å². The highest BCUT2D eigenvalue weighted by Gasteiger charge is 2.22. The average molecular weight is 362 g/mol. The lowest BCUT2D eigenvalue weighted by atomic mass is 10.2. The van der Waals surface area contributed by atoms with Crippen molar-refractivity contribution in [3.63, 3.8) is 0 Å². The van der Waals surface area contributed by atoms with Crippen LogP contribution in [0.4, 0.5) is 11.5 Å². The lowest BCUT2D eigenvalue weighted by molar-refractivity contribution is 0.0697. The van der Waals surface area contributed by atoms with Gasteiger partial charge in [-0.3, -0.25) is 0 Å². The number of anilines is 2. The molecule has 0 saturated carbocycles. The molecule has 1 saturated heterocycles. The van der Waals surface area contributed by atoms with Crippen LogP contribution in [-0.4, -0.2) is 50.7 Å². The van der Waals surface area contributed by atoms with E-state index in [4.69, 9.17) is 5.14 Å². The molecule has 3 rings (SSSR count). The first kappa shape index (κ1) is 17.2. The number of carboxylic acids is 1. The van der Waals surface area contributed by atoms with E-state index < -0.39 is 16.0 Å². The molecule has 0 amide bonds. The van der Waals surface area contributed by atoms with Gasteiger partial charge < -0.3 is 14.9 Å².